The van der Waals surface area contributed by atoms with Gasteiger partial charge in [0.05, 0.1) is 25.1 Å². The highest BCUT2D eigenvalue weighted by Crippen LogP contribution is 2.32. The number of hydrogen-bond acceptors (Lipinski definition) is 6. The summed E-state index contributed by atoms with van der Waals surface area (Å²) < 4.78 is 21.8. The predicted molar refractivity (Wildman–Crippen MR) is 165 cm³/mol. The van der Waals surface area contributed by atoms with Gasteiger partial charge in [-0.25, -0.2) is 9.37 Å². The first-order valence-electron chi connectivity index (χ1n) is 14.0. The van der Waals surface area contributed by atoms with Crippen LogP contribution in [0.15, 0.2) is 71.8 Å². The number of aromatic nitrogens is 2. The smallest absolute Gasteiger partial charge is 0.274 e. The van der Waals surface area contributed by atoms with E-state index in [2.05, 4.69) is 41.3 Å². The van der Waals surface area contributed by atoms with Gasteiger partial charge in [0.25, 0.3) is 11.5 Å². The number of nitrogens with one attached hydrogen (secondary N) is 2. The third kappa shape index (κ3) is 6.36. The van der Waals surface area contributed by atoms with E-state index in [0.717, 1.165) is 24.3 Å². The number of morpholine rings is 1. The Balaban J connectivity index is 1.40. The number of rotatable bonds is 6. The van der Waals surface area contributed by atoms with Gasteiger partial charge in [0.2, 0.25) is 0 Å². The number of ether oxygens (including phenoxy) is 1. The van der Waals surface area contributed by atoms with Crippen LogP contribution in [0.3, 0.4) is 0 Å². The molecule has 1 fully saturated rings. The molecule has 2 aromatic heterocycles. The fourth-order valence-electron chi connectivity index (χ4n) is 4.98. The molecule has 42 heavy (non-hydrogen) atoms. The van der Waals surface area contributed by atoms with Crippen molar-refractivity contribution >= 4 is 28.8 Å². The molecule has 3 heterocycles. The molecule has 2 N–H and O–H groups in total. The Bertz CT molecular complexity index is 1650. The van der Waals surface area contributed by atoms with Crippen LogP contribution in [0.25, 0.3) is 11.1 Å². The molecule has 1 saturated heterocycles. The molecule has 1 aliphatic heterocycles. The molecular weight excluding hydrogens is 533 g/mol. The number of aryl methyl sites for hydroxylation is 1. The lowest BCUT2D eigenvalue weighted by atomic mass is 9.86. The lowest BCUT2D eigenvalue weighted by molar-refractivity contribution is 0.102. The standard InChI is InChI=1S/C33H36FN5O3/c1-21-27(17-25(34)18-28(21)37-31(40)22-6-8-24(9-7-22)33(2,3)4)23-16-29(32(41)38(5)20-23)36-30-11-10-26(19-35-30)39-12-14-42-15-13-39/h6-11,16-20H,12-15H2,1-5H3,(H,35,36)(H,37,40). The largest absolute Gasteiger partial charge is 0.378 e. The van der Waals surface area contributed by atoms with Crippen LogP contribution >= 0.6 is 0 Å². The van der Waals surface area contributed by atoms with E-state index in [4.69, 9.17) is 4.74 Å². The zero-order chi connectivity index (χ0) is 30.0. The SMILES string of the molecule is Cc1c(NC(=O)c2ccc(C(C)(C)C)cc2)cc(F)cc1-c1cc(Nc2ccc(N3CCOCC3)cn2)c(=O)n(C)c1. The van der Waals surface area contributed by atoms with Crippen molar-refractivity contribution in [1.29, 1.82) is 0 Å². The van der Waals surface area contributed by atoms with Crippen molar-refractivity contribution < 1.29 is 13.9 Å². The van der Waals surface area contributed by atoms with E-state index < -0.39 is 5.82 Å². The van der Waals surface area contributed by atoms with E-state index >= 15 is 0 Å². The van der Waals surface area contributed by atoms with Crippen molar-refractivity contribution in [2.24, 2.45) is 7.05 Å². The Labute approximate surface area is 245 Å². The molecule has 0 bridgehead atoms. The van der Waals surface area contributed by atoms with Crippen LogP contribution in [0.5, 0.6) is 0 Å². The highest BCUT2D eigenvalue weighted by molar-refractivity contribution is 6.05. The monoisotopic (exact) mass is 569 g/mol. The topological polar surface area (TPSA) is 88.5 Å². The Morgan fingerprint density at radius 1 is 1.00 bits per heavy atom. The summed E-state index contributed by atoms with van der Waals surface area (Å²) in [4.78, 5) is 32.8. The van der Waals surface area contributed by atoms with Gasteiger partial charge in [0.1, 0.15) is 17.3 Å². The van der Waals surface area contributed by atoms with E-state index in [1.807, 2.05) is 31.2 Å². The first-order valence-corrected chi connectivity index (χ1v) is 14.0. The average Bonchev–Trinajstić information content (AvgIpc) is 2.97. The number of hydrogen-bond donors (Lipinski definition) is 2. The minimum absolute atomic E-state index is 0.0328. The third-order valence-electron chi connectivity index (χ3n) is 7.51. The fraction of sp³-hybridized carbons (Fsp3) is 0.303. The molecule has 0 spiro atoms. The molecule has 0 radical (unpaired) electrons. The summed E-state index contributed by atoms with van der Waals surface area (Å²) in [7, 11) is 1.64. The quantitative estimate of drug-likeness (QED) is 0.295. The van der Waals surface area contributed by atoms with Gasteiger partial charge in [-0.2, -0.15) is 0 Å². The fourth-order valence-corrected chi connectivity index (χ4v) is 4.98. The lowest BCUT2D eigenvalue weighted by Gasteiger charge is -2.28. The molecule has 0 aliphatic carbocycles. The van der Waals surface area contributed by atoms with Crippen molar-refractivity contribution in [2.45, 2.75) is 33.1 Å². The van der Waals surface area contributed by atoms with Gasteiger partial charge in [-0.15, -0.1) is 0 Å². The molecule has 9 heteroatoms. The maximum atomic E-state index is 14.9. The van der Waals surface area contributed by atoms with E-state index in [1.54, 1.807) is 37.6 Å². The lowest BCUT2D eigenvalue weighted by Crippen LogP contribution is -2.36. The van der Waals surface area contributed by atoms with E-state index in [1.165, 1.54) is 16.7 Å². The Kier molecular flexibility index (Phi) is 8.13. The van der Waals surface area contributed by atoms with Gasteiger partial charge < -0.3 is 24.8 Å². The van der Waals surface area contributed by atoms with E-state index in [-0.39, 0.29) is 16.9 Å². The second-order valence-corrected chi connectivity index (χ2v) is 11.6. The first kappa shape index (κ1) is 29.0. The van der Waals surface area contributed by atoms with Gasteiger partial charge in [-0.05, 0) is 71.5 Å². The number of halogens is 1. The van der Waals surface area contributed by atoms with Crippen LogP contribution in [0.4, 0.5) is 27.3 Å². The molecule has 1 amide bonds. The Hall–Kier alpha value is -4.50. The Morgan fingerprint density at radius 2 is 1.71 bits per heavy atom. The van der Waals surface area contributed by atoms with Gasteiger partial charge in [0, 0.05) is 43.1 Å². The summed E-state index contributed by atoms with van der Waals surface area (Å²) in [5.74, 6) is -0.315. The molecule has 8 nitrogen and oxygen atoms in total. The van der Waals surface area contributed by atoms with Gasteiger partial charge in [0.15, 0.2) is 0 Å². The molecule has 4 aromatic rings. The Morgan fingerprint density at radius 3 is 2.36 bits per heavy atom. The predicted octanol–water partition coefficient (Wildman–Crippen LogP) is 6.02. The van der Waals surface area contributed by atoms with Crippen LogP contribution in [-0.4, -0.2) is 41.8 Å². The van der Waals surface area contributed by atoms with Gasteiger partial charge in [-0.3, -0.25) is 9.59 Å². The zero-order valence-electron chi connectivity index (χ0n) is 24.6. The summed E-state index contributed by atoms with van der Waals surface area (Å²) in [6.45, 7) is 11.1. The second kappa shape index (κ2) is 11.8. The summed E-state index contributed by atoms with van der Waals surface area (Å²) >= 11 is 0. The summed E-state index contributed by atoms with van der Waals surface area (Å²) in [6, 6.07) is 15.6. The van der Waals surface area contributed by atoms with E-state index in [9.17, 15) is 14.0 Å². The van der Waals surface area contributed by atoms with E-state index in [0.29, 0.717) is 52.7 Å². The van der Waals surface area contributed by atoms with Crippen molar-refractivity contribution in [2.75, 3.05) is 41.8 Å². The van der Waals surface area contributed by atoms with Crippen molar-refractivity contribution in [3.63, 3.8) is 0 Å². The molecular formula is C33H36FN5O3. The number of carbonyl (C=O) groups is 1. The number of carbonyl (C=O) groups excluding carboxylic acids is 1. The molecule has 218 valence electrons. The molecule has 2 aromatic carbocycles. The zero-order valence-corrected chi connectivity index (χ0v) is 24.6. The number of amides is 1. The van der Waals surface area contributed by atoms with Crippen molar-refractivity contribution in [3.05, 3.63) is 99.9 Å². The van der Waals surface area contributed by atoms with Crippen LogP contribution < -0.4 is 21.1 Å². The number of benzene rings is 2. The first-order chi connectivity index (χ1) is 20.0. The van der Waals surface area contributed by atoms with Gasteiger partial charge in [-0.1, -0.05) is 32.9 Å². The number of nitrogens with zero attached hydrogens (tertiary/aromatic N) is 3. The number of pyridine rings is 2. The normalized spacial score (nSPS) is 13.6. The minimum Gasteiger partial charge on any atom is -0.378 e. The summed E-state index contributed by atoms with van der Waals surface area (Å²) in [5.41, 5.74) is 4.81. The maximum absolute atomic E-state index is 14.9. The molecule has 1 aliphatic rings. The molecule has 0 unspecified atom stereocenters. The highest BCUT2D eigenvalue weighted by Gasteiger charge is 2.18. The number of anilines is 4. The highest BCUT2D eigenvalue weighted by atomic mass is 19.1. The molecule has 0 atom stereocenters. The van der Waals surface area contributed by atoms with Crippen LogP contribution in [0, 0.1) is 12.7 Å². The molecule has 5 rings (SSSR count). The minimum atomic E-state index is -0.502. The van der Waals surface area contributed by atoms with Crippen LogP contribution in [0.1, 0.15) is 42.3 Å². The van der Waals surface area contributed by atoms with Crippen molar-refractivity contribution in [3.8, 4) is 11.1 Å². The third-order valence-corrected chi connectivity index (χ3v) is 7.51. The van der Waals surface area contributed by atoms with Crippen molar-refractivity contribution in [1.82, 2.24) is 9.55 Å². The van der Waals surface area contributed by atoms with Crippen LogP contribution in [0.2, 0.25) is 0 Å². The average molecular weight is 570 g/mol. The summed E-state index contributed by atoms with van der Waals surface area (Å²) in [5, 5.41) is 5.98. The molecule has 0 saturated carbocycles. The second-order valence-electron chi connectivity index (χ2n) is 11.6. The van der Waals surface area contributed by atoms with Gasteiger partial charge >= 0.3 is 0 Å². The summed E-state index contributed by atoms with van der Waals surface area (Å²) in [6.07, 6.45) is 3.42. The maximum Gasteiger partial charge on any atom is 0.274 e. The van der Waals surface area contributed by atoms with Crippen LogP contribution in [-0.2, 0) is 17.2 Å².